The van der Waals surface area contributed by atoms with Crippen LogP contribution in [0.1, 0.15) is 38.9 Å². The van der Waals surface area contributed by atoms with Crippen molar-refractivity contribution in [1.82, 2.24) is 19.6 Å². The molecule has 0 radical (unpaired) electrons. The summed E-state index contributed by atoms with van der Waals surface area (Å²) in [6, 6.07) is 16.6. The van der Waals surface area contributed by atoms with E-state index in [0.29, 0.717) is 27.0 Å². The lowest BCUT2D eigenvalue weighted by Crippen LogP contribution is -2.29. The van der Waals surface area contributed by atoms with E-state index in [1.807, 2.05) is 0 Å². The Bertz CT molecular complexity index is 1920. The third-order valence-electron chi connectivity index (χ3n) is 6.90. The largest absolute Gasteiger partial charge is 0.505 e. The Hall–Kier alpha value is -4.88. The molecule has 6 rings (SSSR count). The van der Waals surface area contributed by atoms with Crippen molar-refractivity contribution >= 4 is 57.3 Å². The number of carbonyl (C=O) groups is 3. The third-order valence-corrected chi connectivity index (χ3v) is 9.02. The van der Waals surface area contributed by atoms with Crippen LogP contribution in [0, 0.1) is 12.7 Å². The molecule has 10 nitrogen and oxygen atoms in total. The van der Waals surface area contributed by atoms with Gasteiger partial charge in [0.2, 0.25) is 5.13 Å². The van der Waals surface area contributed by atoms with Crippen LogP contribution in [0.2, 0.25) is 0 Å². The zero-order valence-corrected chi connectivity index (χ0v) is 24.4. The van der Waals surface area contributed by atoms with Crippen LogP contribution in [0.25, 0.3) is 11.4 Å². The highest BCUT2D eigenvalue weighted by Gasteiger charge is 2.49. The van der Waals surface area contributed by atoms with E-state index in [1.54, 1.807) is 60.0 Å². The maximum atomic E-state index is 13.6. The minimum atomic E-state index is -1.08. The molecule has 5 aromatic rings. The smallest absolute Gasteiger partial charge is 0.337 e. The number of anilines is 1. The zero-order chi connectivity index (χ0) is 30.2. The number of aliphatic hydroxyl groups is 1. The van der Waals surface area contributed by atoms with Crippen LogP contribution in [0.15, 0.2) is 82.8 Å². The van der Waals surface area contributed by atoms with Crippen LogP contribution in [0.5, 0.6) is 0 Å². The van der Waals surface area contributed by atoms with Gasteiger partial charge in [-0.1, -0.05) is 53.4 Å². The number of amides is 1. The number of hydrogen-bond donors (Lipinski definition) is 1. The number of methoxy groups -OCH3 is 1. The monoisotopic (exact) mass is 615 g/mol. The number of rotatable bonds is 7. The van der Waals surface area contributed by atoms with Gasteiger partial charge in [0.25, 0.3) is 5.78 Å². The van der Waals surface area contributed by atoms with E-state index in [-0.39, 0.29) is 27.8 Å². The van der Waals surface area contributed by atoms with E-state index >= 15 is 0 Å². The van der Waals surface area contributed by atoms with Gasteiger partial charge >= 0.3 is 11.9 Å². The molecule has 3 aromatic heterocycles. The Morgan fingerprint density at radius 3 is 2.53 bits per heavy atom. The second-order valence-electron chi connectivity index (χ2n) is 9.52. The lowest BCUT2D eigenvalue weighted by atomic mass is 9.95. The highest BCUT2D eigenvalue weighted by molar-refractivity contribution is 8.00. The molecular weight excluding hydrogens is 593 g/mol. The van der Waals surface area contributed by atoms with Gasteiger partial charge in [0.1, 0.15) is 17.2 Å². The minimum absolute atomic E-state index is 0.152. The zero-order valence-electron chi connectivity index (χ0n) is 22.7. The lowest BCUT2D eigenvalue weighted by Gasteiger charge is -2.22. The van der Waals surface area contributed by atoms with Crippen LogP contribution in [-0.2, 0) is 20.1 Å². The molecule has 1 fully saturated rings. The maximum absolute atomic E-state index is 13.6. The van der Waals surface area contributed by atoms with Crippen molar-refractivity contribution in [3.05, 3.63) is 112 Å². The molecule has 1 atom stereocenters. The van der Waals surface area contributed by atoms with E-state index in [4.69, 9.17) is 4.74 Å². The lowest BCUT2D eigenvalue weighted by molar-refractivity contribution is -0.132. The summed E-state index contributed by atoms with van der Waals surface area (Å²) < 4.78 is 20.3. The number of fused-ring (bicyclic) bond motifs is 1. The van der Waals surface area contributed by atoms with Crippen molar-refractivity contribution in [2.45, 2.75) is 23.1 Å². The molecule has 0 spiro atoms. The number of nitrogens with zero attached hydrogens (tertiary/aromatic N) is 5. The Morgan fingerprint density at radius 2 is 1.81 bits per heavy atom. The number of aliphatic hydroxyl groups excluding tert-OH is 1. The number of halogens is 1. The summed E-state index contributed by atoms with van der Waals surface area (Å²) in [6.07, 6.45) is 1.70. The average Bonchev–Trinajstić information content (AvgIpc) is 3.69. The normalized spacial score (nSPS) is 16.3. The van der Waals surface area contributed by atoms with Gasteiger partial charge in [0.05, 0.1) is 30.0 Å². The van der Waals surface area contributed by atoms with Gasteiger partial charge in [-0.15, -0.1) is 10.2 Å². The number of ketones is 1. The third kappa shape index (κ3) is 5.17. The van der Waals surface area contributed by atoms with Crippen LogP contribution < -0.4 is 4.90 Å². The Kier molecular flexibility index (Phi) is 7.50. The molecule has 1 aliphatic rings. The number of aryl methyl sites for hydroxylation is 1. The number of benzene rings is 2. The molecule has 2 aromatic carbocycles. The first-order valence-electron chi connectivity index (χ1n) is 12.9. The van der Waals surface area contributed by atoms with E-state index in [9.17, 15) is 23.9 Å². The average molecular weight is 616 g/mol. The van der Waals surface area contributed by atoms with Crippen molar-refractivity contribution in [1.29, 1.82) is 0 Å². The summed E-state index contributed by atoms with van der Waals surface area (Å²) in [7, 11) is 1.27. The van der Waals surface area contributed by atoms with Crippen LogP contribution in [0.4, 0.5) is 9.52 Å². The Labute approximate surface area is 252 Å². The van der Waals surface area contributed by atoms with Crippen LogP contribution >= 0.6 is 23.1 Å². The number of esters is 1. The Morgan fingerprint density at radius 1 is 1.07 bits per heavy atom. The number of thioether (sulfide) groups is 1. The molecule has 0 bridgehead atoms. The molecular formula is C30H22FN5O5S2. The first-order valence-corrected chi connectivity index (χ1v) is 14.7. The highest BCUT2D eigenvalue weighted by atomic mass is 32.2. The fraction of sp³-hybridized carbons (Fsp3) is 0.133. The van der Waals surface area contributed by atoms with Gasteiger partial charge in [-0.2, -0.15) is 0 Å². The topological polar surface area (TPSA) is 127 Å². The number of carbonyl (C=O) groups excluding carboxylic acids is 3. The van der Waals surface area contributed by atoms with Gasteiger partial charge in [-0.3, -0.25) is 18.9 Å². The predicted octanol–water partition coefficient (Wildman–Crippen LogP) is 5.34. The van der Waals surface area contributed by atoms with Crippen molar-refractivity contribution in [2.24, 2.45) is 0 Å². The van der Waals surface area contributed by atoms with E-state index in [2.05, 4.69) is 15.2 Å². The fourth-order valence-corrected chi connectivity index (χ4v) is 6.70. The molecule has 43 heavy (non-hydrogen) atoms. The van der Waals surface area contributed by atoms with Crippen molar-refractivity contribution in [3.63, 3.8) is 0 Å². The molecule has 1 saturated heterocycles. The van der Waals surface area contributed by atoms with E-state index < -0.39 is 29.5 Å². The molecule has 216 valence electrons. The quantitative estimate of drug-likeness (QED) is 0.0645. The molecule has 1 unspecified atom stereocenters. The predicted molar refractivity (Wildman–Crippen MR) is 158 cm³/mol. The number of aromatic nitrogens is 4. The summed E-state index contributed by atoms with van der Waals surface area (Å²) in [5.41, 5.74) is 2.74. The standard InChI is InChI=1S/C30H22FN5O5S2/c1-16-23(35-14-4-3-5-21(35)32-16)25(37)22-24(18-8-10-19(11-9-18)28(40)41-2)36(27(39)26(22)38)29-33-34-30(43-29)42-15-17-6-12-20(31)13-7-17/h3-14,24,37H,15H2,1-2H3/b25-22+. The molecule has 0 aliphatic carbocycles. The number of pyridine rings is 1. The molecule has 1 amide bonds. The second kappa shape index (κ2) is 11.4. The fourth-order valence-electron chi connectivity index (χ4n) is 4.87. The highest BCUT2D eigenvalue weighted by Crippen LogP contribution is 2.44. The molecule has 1 N–H and O–H groups in total. The first-order chi connectivity index (χ1) is 20.8. The number of hydrogen-bond acceptors (Lipinski definition) is 10. The second-order valence-corrected chi connectivity index (χ2v) is 11.7. The first kappa shape index (κ1) is 28.2. The van der Waals surface area contributed by atoms with Gasteiger partial charge in [0, 0.05) is 11.9 Å². The maximum Gasteiger partial charge on any atom is 0.337 e. The van der Waals surface area contributed by atoms with Gasteiger partial charge in [0.15, 0.2) is 10.1 Å². The van der Waals surface area contributed by atoms with Crippen molar-refractivity contribution in [2.75, 3.05) is 12.0 Å². The van der Waals surface area contributed by atoms with Gasteiger partial charge in [-0.05, 0) is 54.4 Å². The Balaban J connectivity index is 1.44. The number of ether oxygens (including phenoxy) is 1. The summed E-state index contributed by atoms with van der Waals surface area (Å²) in [5, 5.41) is 20.2. The summed E-state index contributed by atoms with van der Waals surface area (Å²) in [5.74, 6) is -2.58. The molecule has 4 heterocycles. The van der Waals surface area contributed by atoms with Crippen LogP contribution in [0.3, 0.4) is 0 Å². The van der Waals surface area contributed by atoms with E-state index in [1.165, 1.54) is 48.0 Å². The summed E-state index contributed by atoms with van der Waals surface area (Å²) >= 11 is 2.46. The number of imidazole rings is 1. The number of Topliss-reactive ketones (excluding diaryl/α,β-unsaturated/α-hetero) is 1. The minimum Gasteiger partial charge on any atom is -0.505 e. The van der Waals surface area contributed by atoms with Gasteiger partial charge < -0.3 is 9.84 Å². The van der Waals surface area contributed by atoms with Gasteiger partial charge in [-0.25, -0.2) is 14.2 Å². The molecule has 13 heteroatoms. The SMILES string of the molecule is COC(=O)c1ccc(C2/C(=C(\O)c3c(C)nc4ccccn34)C(=O)C(=O)N2c2nnc(SCc3ccc(F)cc3)s2)cc1. The molecule has 0 saturated carbocycles. The van der Waals surface area contributed by atoms with Crippen molar-refractivity contribution in [3.8, 4) is 0 Å². The summed E-state index contributed by atoms with van der Waals surface area (Å²) in [4.78, 5) is 45.0. The van der Waals surface area contributed by atoms with E-state index in [0.717, 1.165) is 16.9 Å². The van der Waals surface area contributed by atoms with Crippen molar-refractivity contribution < 1.29 is 28.6 Å². The molecule has 1 aliphatic heterocycles. The summed E-state index contributed by atoms with van der Waals surface area (Å²) in [6.45, 7) is 1.70. The van der Waals surface area contributed by atoms with Crippen LogP contribution in [-0.4, -0.2) is 49.5 Å².